The molecule has 3 aromatic rings. The van der Waals surface area contributed by atoms with Gasteiger partial charge in [-0.2, -0.15) is 4.73 Å². The van der Waals surface area contributed by atoms with Crippen molar-refractivity contribution in [1.82, 2.24) is 5.32 Å². The summed E-state index contributed by atoms with van der Waals surface area (Å²) >= 11 is 1.44. The first-order valence-electron chi connectivity index (χ1n) is 13.2. The van der Waals surface area contributed by atoms with Gasteiger partial charge in [0, 0.05) is 48.8 Å². The van der Waals surface area contributed by atoms with Gasteiger partial charge in [0.2, 0.25) is 5.91 Å². The van der Waals surface area contributed by atoms with Crippen LogP contribution in [0, 0.1) is 11.1 Å². The quantitative estimate of drug-likeness (QED) is 0.168. The zero-order chi connectivity index (χ0) is 28.5. The zero-order valence-electron chi connectivity index (χ0n) is 22.3. The Balaban J connectivity index is 1.45. The van der Waals surface area contributed by atoms with Crippen molar-refractivity contribution in [2.24, 2.45) is 5.92 Å². The van der Waals surface area contributed by atoms with Gasteiger partial charge in [0.05, 0.1) is 18.8 Å². The maximum Gasteiger partial charge on any atom is 0.303 e. The number of aliphatic carboxylic acids is 1. The van der Waals surface area contributed by atoms with Gasteiger partial charge in [0.15, 0.2) is 12.5 Å². The number of thioether (sulfide) groups is 1. The SMILES string of the molecule is C[C@H]1[C@@H](CSc2cccc[n+]2[O-])O[C@@H](c2ccc(CNC(=O)CCCC(=O)O)cc2)O[C@H]1c1ccc(CO)cc1. The number of amides is 1. The molecule has 2 aromatic carbocycles. The molecule has 40 heavy (non-hydrogen) atoms. The summed E-state index contributed by atoms with van der Waals surface area (Å²) in [6.07, 6.45) is 0.799. The lowest BCUT2D eigenvalue weighted by molar-refractivity contribution is -0.645. The second-order valence-corrected chi connectivity index (χ2v) is 10.8. The minimum Gasteiger partial charge on any atom is -0.618 e. The highest BCUT2D eigenvalue weighted by atomic mass is 32.2. The Bertz CT molecular complexity index is 1270. The molecule has 0 saturated carbocycles. The molecule has 0 spiro atoms. The highest BCUT2D eigenvalue weighted by molar-refractivity contribution is 7.99. The summed E-state index contributed by atoms with van der Waals surface area (Å²) in [5.41, 5.74) is 3.52. The fraction of sp³-hybridized carbons (Fsp3) is 0.367. The number of hydrogen-bond acceptors (Lipinski definition) is 7. The van der Waals surface area contributed by atoms with E-state index in [1.54, 1.807) is 12.1 Å². The van der Waals surface area contributed by atoms with E-state index in [1.165, 1.54) is 18.0 Å². The Labute approximate surface area is 237 Å². The van der Waals surface area contributed by atoms with Gasteiger partial charge in [-0.15, -0.1) is 0 Å². The summed E-state index contributed by atoms with van der Waals surface area (Å²) in [6.45, 7) is 2.37. The number of nitrogens with zero attached hydrogens (tertiary/aromatic N) is 1. The molecule has 212 valence electrons. The molecule has 4 atom stereocenters. The molecule has 1 aliphatic heterocycles. The third-order valence-electron chi connectivity index (χ3n) is 6.84. The minimum absolute atomic E-state index is 0.0110. The van der Waals surface area contributed by atoms with E-state index < -0.39 is 12.3 Å². The first-order valence-corrected chi connectivity index (χ1v) is 14.2. The first-order chi connectivity index (χ1) is 19.3. The lowest BCUT2D eigenvalue weighted by Gasteiger charge is -2.41. The van der Waals surface area contributed by atoms with Crippen LogP contribution in [-0.2, 0) is 32.2 Å². The number of ether oxygens (including phenoxy) is 2. The van der Waals surface area contributed by atoms with Crippen LogP contribution in [0.3, 0.4) is 0 Å². The average molecular weight is 567 g/mol. The smallest absolute Gasteiger partial charge is 0.303 e. The number of rotatable bonds is 12. The number of carboxylic acid groups (broad SMARTS) is 1. The van der Waals surface area contributed by atoms with Crippen LogP contribution in [0.4, 0.5) is 0 Å². The monoisotopic (exact) mass is 566 g/mol. The lowest BCUT2D eigenvalue weighted by Crippen LogP contribution is -2.39. The molecule has 3 N–H and O–H groups in total. The second-order valence-electron chi connectivity index (χ2n) is 9.76. The lowest BCUT2D eigenvalue weighted by atomic mass is 9.91. The summed E-state index contributed by atoms with van der Waals surface area (Å²) in [6, 6.07) is 20.6. The Morgan fingerprint density at radius 3 is 2.35 bits per heavy atom. The molecule has 1 aliphatic rings. The van der Waals surface area contributed by atoms with Crippen molar-refractivity contribution in [2.45, 2.75) is 62.9 Å². The van der Waals surface area contributed by atoms with E-state index in [-0.39, 0.29) is 43.5 Å². The molecule has 2 heterocycles. The van der Waals surface area contributed by atoms with Crippen LogP contribution in [0.2, 0.25) is 0 Å². The Morgan fingerprint density at radius 1 is 0.975 bits per heavy atom. The maximum absolute atomic E-state index is 12.2. The molecule has 1 saturated heterocycles. The molecule has 1 amide bonds. The number of aromatic nitrogens is 1. The zero-order valence-corrected chi connectivity index (χ0v) is 23.1. The number of carbonyl (C=O) groups is 2. The van der Waals surface area contributed by atoms with Gasteiger partial charge < -0.3 is 30.2 Å². The topological polar surface area (TPSA) is 132 Å². The predicted octanol–water partition coefficient (Wildman–Crippen LogP) is 4.27. The van der Waals surface area contributed by atoms with Gasteiger partial charge in [-0.25, -0.2) is 0 Å². The van der Waals surface area contributed by atoms with Crippen molar-refractivity contribution in [2.75, 3.05) is 5.75 Å². The van der Waals surface area contributed by atoms with Gasteiger partial charge in [0.1, 0.15) is 0 Å². The van der Waals surface area contributed by atoms with Crippen LogP contribution in [0.1, 0.15) is 60.8 Å². The summed E-state index contributed by atoms with van der Waals surface area (Å²) in [4.78, 5) is 22.6. The molecule has 0 aliphatic carbocycles. The molecule has 1 aromatic heterocycles. The Morgan fingerprint density at radius 2 is 1.68 bits per heavy atom. The molecule has 10 heteroatoms. The molecule has 0 unspecified atom stereocenters. The predicted molar refractivity (Wildman–Crippen MR) is 149 cm³/mol. The van der Waals surface area contributed by atoms with Gasteiger partial charge in [0.25, 0.3) is 5.03 Å². The Kier molecular flexibility index (Phi) is 10.5. The Hall–Kier alpha value is -3.44. The summed E-state index contributed by atoms with van der Waals surface area (Å²) in [7, 11) is 0. The van der Waals surface area contributed by atoms with E-state index in [2.05, 4.69) is 12.2 Å². The van der Waals surface area contributed by atoms with Gasteiger partial charge in [-0.05, 0) is 29.2 Å². The molecule has 1 fully saturated rings. The molecule has 0 radical (unpaired) electrons. The van der Waals surface area contributed by atoms with Crippen LogP contribution in [-0.4, -0.2) is 33.9 Å². The average Bonchev–Trinajstić information content (AvgIpc) is 2.96. The fourth-order valence-corrected chi connectivity index (χ4v) is 5.56. The normalized spacial score (nSPS) is 20.6. The molecule has 9 nitrogen and oxygen atoms in total. The third kappa shape index (κ3) is 8.04. The standard InChI is InChI=1S/C30H34N2O7S/c1-20-25(19-40-27-6-2-3-16-32(27)37)38-30(39-29(20)23-12-10-22(18-33)11-13-23)24-14-8-21(9-15-24)17-31-26(34)5-4-7-28(35)36/h2-3,6,8-16,20,25,29-30,33H,4-5,7,17-19H2,1H3,(H,31,34)(H,35,36)/t20-,25+,29+,30+/m0/s1. The number of carboxylic acids is 1. The summed E-state index contributed by atoms with van der Waals surface area (Å²) < 4.78 is 13.8. The second kappa shape index (κ2) is 14.3. The van der Waals surface area contributed by atoms with Crippen LogP contribution >= 0.6 is 11.8 Å². The van der Waals surface area contributed by atoms with E-state index in [4.69, 9.17) is 14.6 Å². The van der Waals surface area contributed by atoms with Crippen LogP contribution < -0.4 is 10.0 Å². The summed E-state index contributed by atoms with van der Waals surface area (Å²) in [5.74, 6) is -0.552. The number of carbonyl (C=O) groups excluding carboxylic acids is 1. The van der Waals surface area contributed by atoms with Crippen LogP contribution in [0.15, 0.2) is 78.0 Å². The molecular formula is C30H34N2O7S. The van der Waals surface area contributed by atoms with E-state index in [1.807, 2.05) is 54.6 Å². The van der Waals surface area contributed by atoms with E-state index in [0.29, 0.717) is 23.7 Å². The highest BCUT2D eigenvalue weighted by Crippen LogP contribution is 2.42. The van der Waals surface area contributed by atoms with E-state index >= 15 is 0 Å². The van der Waals surface area contributed by atoms with Crippen molar-refractivity contribution in [3.05, 3.63) is 100 Å². The van der Waals surface area contributed by atoms with E-state index in [9.17, 15) is 19.9 Å². The van der Waals surface area contributed by atoms with Crippen molar-refractivity contribution in [3.63, 3.8) is 0 Å². The van der Waals surface area contributed by atoms with E-state index in [0.717, 1.165) is 27.0 Å². The number of aliphatic hydroxyl groups is 1. The molecular weight excluding hydrogens is 532 g/mol. The molecule has 4 rings (SSSR count). The number of aliphatic hydroxyl groups excluding tert-OH is 1. The molecule has 0 bridgehead atoms. The minimum atomic E-state index is -0.913. The number of hydrogen-bond donors (Lipinski definition) is 3. The van der Waals surface area contributed by atoms with Crippen LogP contribution in [0.25, 0.3) is 0 Å². The van der Waals surface area contributed by atoms with Crippen molar-refractivity contribution in [3.8, 4) is 0 Å². The maximum atomic E-state index is 12.2. The summed E-state index contributed by atoms with van der Waals surface area (Å²) in [5, 5.41) is 33.8. The number of benzene rings is 2. The van der Waals surface area contributed by atoms with Gasteiger partial charge >= 0.3 is 5.97 Å². The van der Waals surface area contributed by atoms with Gasteiger partial charge in [-0.1, -0.05) is 67.2 Å². The first kappa shape index (κ1) is 29.5. The third-order valence-corrected chi connectivity index (χ3v) is 7.95. The van der Waals surface area contributed by atoms with Crippen molar-refractivity contribution < 1.29 is 34.0 Å². The van der Waals surface area contributed by atoms with Gasteiger partial charge in [-0.3, -0.25) is 9.59 Å². The van der Waals surface area contributed by atoms with Crippen LogP contribution in [0.5, 0.6) is 0 Å². The highest BCUT2D eigenvalue weighted by Gasteiger charge is 2.38. The fourth-order valence-electron chi connectivity index (χ4n) is 4.48. The largest absolute Gasteiger partial charge is 0.618 e. The van der Waals surface area contributed by atoms with Crippen molar-refractivity contribution in [1.29, 1.82) is 0 Å². The number of pyridine rings is 1. The number of nitrogens with one attached hydrogen (secondary N) is 1. The van der Waals surface area contributed by atoms with Crippen molar-refractivity contribution >= 4 is 23.6 Å².